The van der Waals surface area contributed by atoms with Crippen LogP contribution in [0.3, 0.4) is 0 Å². The molecule has 5 rings (SSSR count). The second kappa shape index (κ2) is 10.2. The lowest BCUT2D eigenvalue weighted by atomic mass is 9.95. The maximum absolute atomic E-state index is 13.4. The molecule has 34 heavy (non-hydrogen) atoms. The van der Waals surface area contributed by atoms with Gasteiger partial charge in [-0.15, -0.1) is 0 Å². The molecule has 7 heteroatoms. The Labute approximate surface area is 199 Å². The monoisotopic (exact) mass is 458 g/mol. The Morgan fingerprint density at radius 1 is 1.00 bits per heavy atom. The van der Waals surface area contributed by atoms with Crippen molar-refractivity contribution in [1.82, 2.24) is 15.2 Å². The quantitative estimate of drug-likeness (QED) is 0.635. The SMILES string of the molecule is O=C(NCc1cccnc1N1CCOCC1)[C@@H]1CCCN(C(=O)c2cccc3ccccc23)C1. The van der Waals surface area contributed by atoms with Crippen molar-refractivity contribution in [2.45, 2.75) is 19.4 Å². The molecule has 7 nitrogen and oxygen atoms in total. The van der Waals surface area contributed by atoms with Crippen molar-refractivity contribution in [2.75, 3.05) is 44.3 Å². The van der Waals surface area contributed by atoms with Crippen LogP contribution in [0.2, 0.25) is 0 Å². The molecular weight excluding hydrogens is 428 g/mol. The van der Waals surface area contributed by atoms with Crippen LogP contribution in [0.15, 0.2) is 60.8 Å². The molecular formula is C27H30N4O3. The van der Waals surface area contributed by atoms with Crippen LogP contribution in [0.5, 0.6) is 0 Å². The Morgan fingerprint density at radius 3 is 2.71 bits per heavy atom. The van der Waals surface area contributed by atoms with Crippen LogP contribution in [0.4, 0.5) is 5.82 Å². The van der Waals surface area contributed by atoms with E-state index in [1.807, 2.05) is 59.5 Å². The molecule has 2 amide bonds. The molecule has 0 bridgehead atoms. The van der Waals surface area contributed by atoms with Crippen molar-refractivity contribution in [3.63, 3.8) is 0 Å². The number of piperidine rings is 1. The third-order valence-corrected chi connectivity index (χ3v) is 6.73. The Bertz CT molecular complexity index is 1170. The van der Waals surface area contributed by atoms with Crippen LogP contribution in [-0.4, -0.2) is 61.1 Å². The minimum atomic E-state index is -0.212. The number of amides is 2. The summed E-state index contributed by atoms with van der Waals surface area (Å²) in [6, 6.07) is 17.7. The van der Waals surface area contributed by atoms with Crippen LogP contribution in [0, 0.1) is 5.92 Å². The van der Waals surface area contributed by atoms with Gasteiger partial charge < -0.3 is 19.9 Å². The fourth-order valence-electron chi connectivity index (χ4n) is 4.91. The fourth-order valence-corrected chi connectivity index (χ4v) is 4.91. The number of carbonyl (C=O) groups is 2. The maximum atomic E-state index is 13.4. The van der Waals surface area contributed by atoms with Crippen molar-refractivity contribution in [3.05, 3.63) is 71.9 Å². The topological polar surface area (TPSA) is 74.8 Å². The van der Waals surface area contributed by atoms with E-state index < -0.39 is 0 Å². The highest BCUT2D eigenvalue weighted by atomic mass is 16.5. The van der Waals surface area contributed by atoms with Gasteiger partial charge in [-0.2, -0.15) is 0 Å². The van der Waals surface area contributed by atoms with E-state index in [0.717, 1.165) is 48.1 Å². The fraction of sp³-hybridized carbons (Fsp3) is 0.370. The van der Waals surface area contributed by atoms with Gasteiger partial charge in [0.1, 0.15) is 5.82 Å². The minimum Gasteiger partial charge on any atom is -0.378 e. The van der Waals surface area contributed by atoms with E-state index in [9.17, 15) is 9.59 Å². The van der Waals surface area contributed by atoms with Gasteiger partial charge in [-0.05, 0) is 35.7 Å². The molecule has 2 aliphatic rings. The van der Waals surface area contributed by atoms with Gasteiger partial charge in [-0.25, -0.2) is 4.98 Å². The van der Waals surface area contributed by atoms with E-state index in [1.165, 1.54) is 0 Å². The van der Waals surface area contributed by atoms with Crippen molar-refractivity contribution >= 4 is 28.4 Å². The number of morpholine rings is 1. The van der Waals surface area contributed by atoms with Gasteiger partial charge in [0.2, 0.25) is 5.91 Å². The van der Waals surface area contributed by atoms with Crippen molar-refractivity contribution in [1.29, 1.82) is 0 Å². The Kier molecular flexibility index (Phi) is 6.72. The summed E-state index contributed by atoms with van der Waals surface area (Å²) in [6.45, 7) is 4.51. The maximum Gasteiger partial charge on any atom is 0.254 e. The number of pyridine rings is 1. The first-order valence-electron chi connectivity index (χ1n) is 12.0. The first-order valence-corrected chi connectivity index (χ1v) is 12.0. The molecule has 3 heterocycles. The van der Waals surface area contributed by atoms with Crippen LogP contribution in [-0.2, 0) is 16.1 Å². The third kappa shape index (κ3) is 4.75. The summed E-state index contributed by atoms with van der Waals surface area (Å²) in [5.41, 5.74) is 1.70. The predicted octanol–water partition coefficient (Wildman–Crippen LogP) is 3.24. The van der Waals surface area contributed by atoms with Gasteiger partial charge in [-0.3, -0.25) is 9.59 Å². The highest BCUT2D eigenvalue weighted by molar-refractivity contribution is 6.07. The molecule has 176 valence electrons. The highest BCUT2D eigenvalue weighted by Gasteiger charge is 2.29. The van der Waals surface area contributed by atoms with E-state index >= 15 is 0 Å². The first kappa shape index (κ1) is 22.3. The van der Waals surface area contributed by atoms with Gasteiger partial charge in [0.15, 0.2) is 0 Å². The lowest BCUT2D eigenvalue weighted by Crippen LogP contribution is -2.45. The summed E-state index contributed by atoms with van der Waals surface area (Å²) in [5.74, 6) is 0.682. The molecule has 3 aromatic rings. The Hall–Kier alpha value is -3.45. The third-order valence-electron chi connectivity index (χ3n) is 6.73. The number of fused-ring (bicyclic) bond motifs is 1. The Morgan fingerprint density at radius 2 is 1.82 bits per heavy atom. The average Bonchev–Trinajstić information content (AvgIpc) is 2.91. The first-order chi connectivity index (χ1) is 16.7. The molecule has 1 N–H and O–H groups in total. The van der Waals surface area contributed by atoms with Gasteiger partial charge in [-0.1, -0.05) is 42.5 Å². The standard InChI is InChI=1S/C27H30N4O3/c32-26(29-18-21-8-4-12-28-25(21)30-14-16-34-17-15-30)22-9-5-13-31(19-22)27(33)24-11-3-7-20-6-1-2-10-23(20)24/h1-4,6-8,10-12,22H,5,9,13-19H2,(H,29,32)/t22-/m1/s1. The second-order valence-electron chi connectivity index (χ2n) is 8.92. The number of carbonyl (C=O) groups excluding carboxylic acids is 2. The molecule has 0 radical (unpaired) electrons. The summed E-state index contributed by atoms with van der Waals surface area (Å²) in [4.78, 5) is 35.0. The molecule has 0 spiro atoms. The van der Waals surface area contributed by atoms with Crippen molar-refractivity contribution < 1.29 is 14.3 Å². The number of aromatic nitrogens is 1. The summed E-state index contributed by atoms with van der Waals surface area (Å²) in [7, 11) is 0. The van der Waals surface area contributed by atoms with Crippen LogP contribution in [0.25, 0.3) is 10.8 Å². The van der Waals surface area contributed by atoms with Crippen molar-refractivity contribution in [2.24, 2.45) is 5.92 Å². The van der Waals surface area contributed by atoms with Gasteiger partial charge in [0.25, 0.3) is 5.91 Å². The number of hydrogen-bond acceptors (Lipinski definition) is 5. The minimum absolute atomic E-state index is 0.00355. The zero-order valence-corrected chi connectivity index (χ0v) is 19.3. The van der Waals surface area contributed by atoms with E-state index in [-0.39, 0.29) is 17.7 Å². The number of hydrogen-bond donors (Lipinski definition) is 1. The molecule has 1 atom stereocenters. The average molecular weight is 459 g/mol. The number of anilines is 1. The van der Waals surface area contributed by atoms with Gasteiger partial charge >= 0.3 is 0 Å². The molecule has 2 aliphatic heterocycles. The summed E-state index contributed by atoms with van der Waals surface area (Å²) >= 11 is 0. The highest BCUT2D eigenvalue weighted by Crippen LogP contribution is 2.24. The van der Waals surface area contributed by atoms with Gasteiger partial charge in [0, 0.05) is 50.0 Å². The zero-order valence-electron chi connectivity index (χ0n) is 19.3. The smallest absolute Gasteiger partial charge is 0.254 e. The molecule has 2 fully saturated rings. The van der Waals surface area contributed by atoms with E-state index in [1.54, 1.807) is 6.20 Å². The zero-order chi connectivity index (χ0) is 23.3. The molecule has 0 aliphatic carbocycles. The normalized spacial score (nSPS) is 18.6. The van der Waals surface area contributed by atoms with Crippen LogP contribution in [0.1, 0.15) is 28.8 Å². The number of rotatable bonds is 5. The number of nitrogens with zero attached hydrogens (tertiary/aromatic N) is 3. The number of nitrogens with one attached hydrogen (secondary N) is 1. The van der Waals surface area contributed by atoms with Crippen LogP contribution >= 0.6 is 0 Å². The second-order valence-corrected chi connectivity index (χ2v) is 8.92. The number of benzene rings is 2. The van der Waals surface area contributed by atoms with Crippen LogP contribution < -0.4 is 10.2 Å². The van der Waals surface area contributed by atoms with Crippen molar-refractivity contribution in [3.8, 4) is 0 Å². The van der Waals surface area contributed by atoms with E-state index in [2.05, 4.69) is 15.2 Å². The summed E-state index contributed by atoms with van der Waals surface area (Å²) in [6.07, 6.45) is 3.39. The van der Waals surface area contributed by atoms with E-state index in [0.29, 0.717) is 38.4 Å². The van der Waals surface area contributed by atoms with E-state index in [4.69, 9.17) is 4.74 Å². The largest absolute Gasteiger partial charge is 0.378 e. The molecule has 0 unspecified atom stereocenters. The lowest BCUT2D eigenvalue weighted by Gasteiger charge is -2.32. The number of likely N-dealkylation sites (tertiary alicyclic amines) is 1. The lowest BCUT2D eigenvalue weighted by molar-refractivity contribution is -0.126. The molecule has 1 aromatic heterocycles. The molecule has 2 aromatic carbocycles. The summed E-state index contributed by atoms with van der Waals surface area (Å²) in [5, 5.41) is 5.10. The molecule has 0 saturated carbocycles. The summed E-state index contributed by atoms with van der Waals surface area (Å²) < 4.78 is 5.45. The molecule has 2 saturated heterocycles. The number of ether oxygens (including phenoxy) is 1. The predicted molar refractivity (Wildman–Crippen MR) is 132 cm³/mol. The Balaban J connectivity index is 1.24. The van der Waals surface area contributed by atoms with Gasteiger partial charge in [0.05, 0.1) is 19.1 Å².